The van der Waals surface area contributed by atoms with Crippen LogP contribution in [0.25, 0.3) is 0 Å². The highest BCUT2D eigenvalue weighted by atomic mass is 35.5. The van der Waals surface area contributed by atoms with Crippen molar-refractivity contribution >= 4 is 51.7 Å². The second kappa shape index (κ2) is 14.9. The maximum Gasteiger partial charge on any atom is 0.410 e. The summed E-state index contributed by atoms with van der Waals surface area (Å²) in [5.74, 6) is -2.64. The van der Waals surface area contributed by atoms with Crippen LogP contribution >= 0.6 is 11.6 Å². The molecule has 2 aliphatic carbocycles. The maximum atomic E-state index is 14.3. The fourth-order valence-corrected chi connectivity index (χ4v) is 8.34. The second-order valence-electron chi connectivity index (χ2n) is 15.4. The molecule has 6 rings (SSSR count). The van der Waals surface area contributed by atoms with E-state index in [1.807, 2.05) is 18.2 Å². The van der Waals surface area contributed by atoms with Crippen molar-refractivity contribution in [3.8, 4) is 0 Å². The molecule has 0 aromatic heterocycles. The number of amides is 5. The number of nitrogens with one attached hydrogen (secondary N) is 4. The van der Waals surface area contributed by atoms with Crippen molar-refractivity contribution in [3.05, 3.63) is 46.5 Å². The van der Waals surface area contributed by atoms with Crippen molar-refractivity contribution < 1.29 is 41.9 Å². The quantitative estimate of drug-likeness (QED) is 0.315. The third-order valence-electron chi connectivity index (χ3n) is 9.88. The van der Waals surface area contributed by atoms with Crippen molar-refractivity contribution in [1.82, 2.24) is 29.9 Å². The number of benzene rings is 1. The summed E-state index contributed by atoms with van der Waals surface area (Å²) in [5.41, 5.74) is -0.587. The van der Waals surface area contributed by atoms with E-state index < -0.39 is 75.4 Å². The van der Waals surface area contributed by atoms with Crippen LogP contribution in [-0.2, 0) is 47.2 Å². The Morgan fingerprint density at radius 3 is 2.52 bits per heavy atom. The van der Waals surface area contributed by atoms with Gasteiger partial charge in [-0.05, 0) is 82.6 Å². The third-order valence-corrected chi connectivity index (χ3v) is 11.2. The SMILES string of the molecule is CC(C)(C)OC(=O)N[C@H]1CCCCC/C=C\[C@@H]2C[C@@]2(C(=O)NS(=O)(=O)NC2CC2)NC(=O)[C@@H]2C[C@@H](OC(=O)N3Cc4ccc(Cl)cc4C3)CN2C1=O. The molecule has 5 aliphatic rings. The van der Waals surface area contributed by atoms with Gasteiger partial charge in [0.1, 0.15) is 29.3 Å². The predicted octanol–water partition coefficient (Wildman–Crippen LogP) is 3.16. The van der Waals surface area contributed by atoms with Crippen molar-refractivity contribution in [2.75, 3.05) is 6.54 Å². The Kier molecular flexibility index (Phi) is 10.8. The van der Waals surface area contributed by atoms with E-state index in [0.717, 1.165) is 24.0 Å². The van der Waals surface area contributed by atoms with Crippen LogP contribution < -0.4 is 20.1 Å². The van der Waals surface area contributed by atoms with Gasteiger partial charge in [-0.25, -0.2) is 14.3 Å². The summed E-state index contributed by atoms with van der Waals surface area (Å²) in [5, 5.41) is 6.02. The molecule has 1 saturated heterocycles. The molecule has 17 heteroatoms. The van der Waals surface area contributed by atoms with E-state index in [4.69, 9.17) is 21.1 Å². The lowest BCUT2D eigenvalue weighted by Gasteiger charge is -2.30. The third kappa shape index (κ3) is 9.18. The number of allylic oxidation sites excluding steroid dienone is 1. The fourth-order valence-electron chi connectivity index (χ4n) is 6.99. The summed E-state index contributed by atoms with van der Waals surface area (Å²) in [6.45, 7) is 5.55. The number of rotatable bonds is 6. The van der Waals surface area contributed by atoms with Gasteiger partial charge in [0.2, 0.25) is 11.8 Å². The molecule has 5 atom stereocenters. The van der Waals surface area contributed by atoms with Gasteiger partial charge in [-0.3, -0.25) is 19.3 Å². The van der Waals surface area contributed by atoms with Crippen LogP contribution in [0.3, 0.4) is 0 Å². The highest BCUT2D eigenvalue weighted by Crippen LogP contribution is 2.46. The summed E-state index contributed by atoms with van der Waals surface area (Å²) in [4.78, 5) is 71.2. The fraction of sp³-hybridized carbons (Fsp3) is 0.629. The number of carbonyl (C=O) groups excluding carboxylic acids is 5. The molecule has 284 valence electrons. The standard InChI is InChI=1S/C35H47ClN6O9S/c1-34(2,3)51-32(46)37-27-10-8-6-4-5-7-9-23-17-35(23,31(45)40-52(48,49)39-25-13-14-25)38-29(43)28-16-26(20-42(28)30(27)44)50-33(47)41-18-21-11-12-24(36)15-22(21)19-41/h7,9,11-12,15,23,25-28,39H,4-6,8,10,13-14,16-20H2,1-3H3,(H,37,46)(H,38,43)(H,40,45)/b9-7-/t23-,26-,27+,28+,35-/m1/s1. The monoisotopic (exact) mass is 762 g/mol. The molecule has 0 bridgehead atoms. The Labute approximate surface area is 308 Å². The lowest BCUT2D eigenvalue weighted by Crippen LogP contribution is -2.59. The number of fused-ring (bicyclic) bond motifs is 3. The predicted molar refractivity (Wildman–Crippen MR) is 189 cm³/mol. The first-order valence-corrected chi connectivity index (χ1v) is 19.7. The van der Waals surface area contributed by atoms with E-state index in [2.05, 4.69) is 20.1 Å². The Morgan fingerprint density at radius 2 is 1.79 bits per heavy atom. The van der Waals surface area contributed by atoms with Gasteiger partial charge in [-0.1, -0.05) is 42.7 Å². The summed E-state index contributed by atoms with van der Waals surface area (Å²) >= 11 is 6.15. The van der Waals surface area contributed by atoms with E-state index in [0.29, 0.717) is 37.3 Å². The number of hydrogen-bond donors (Lipinski definition) is 4. The van der Waals surface area contributed by atoms with E-state index in [1.165, 1.54) is 9.80 Å². The van der Waals surface area contributed by atoms with Gasteiger partial charge in [0, 0.05) is 36.5 Å². The molecule has 52 heavy (non-hydrogen) atoms. The van der Waals surface area contributed by atoms with Crippen LogP contribution in [0.5, 0.6) is 0 Å². The minimum Gasteiger partial charge on any atom is -0.444 e. The Balaban J connectivity index is 1.24. The second-order valence-corrected chi connectivity index (χ2v) is 17.3. The Bertz CT molecular complexity index is 1750. The van der Waals surface area contributed by atoms with Crippen molar-refractivity contribution in [1.29, 1.82) is 0 Å². The molecule has 3 aliphatic heterocycles. The minimum atomic E-state index is -4.18. The van der Waals surface area contributed by atoms with Crippen LogP contribution in [0, 0.1) is 5.92 Å². The molecule has 3 heterocycles. The molecule has 1 aromatic rings. The zero-order chi connectivity index (χ0) is 37.4. The molecular formula is C35H47ClN6O9S. The number of carbonyl (C=O) groups is 5. The molecule has 2 saturated carbocycles. The average Bonchev–Trinajstić information content (AvgIpc) is 3.89. The first-order chi connectivity index (χ1) is 24.5. The summed E-state index contributed by atoms with van der Waals surface area (Å²) in [6, 6.07) is 2.88. The average molecular weight is 763 g/mol. The van der Waals surface area contributed by atoms with Crippen molar-refractivity contribution in [2.45, 2.75) is 127 Å². The smallest absolute Gasteiger partial charge is 0.410 e. The highest BCUT2D eigenvalue weighted by Gasteiger charge is 2.62. The molecule has 0 unspecified atom stereocenters. The Hall–Kier alpha value is -3.89. The molecule has 3 fully saturated rings. The normalized spacial score (nSPS) is 28.6. The first-order valence-electron chi connectivity index (χ1n) is 17.9. The van der Waals surface area contributed by atoms with Gasteiger partial charge in [-0.2, -0.15) is 13.1 Å². The van der Waals surface area contributed by atoms with E-state index in [1.54, 1.807) is 32.9 Å². The van der Waals surface area contributed by atoms with Gasteiger partial charge in [0.05, 0.1) is 6.54 Å². The number of alkyl carbamates (subject to hydrolysis) is 1. The van der Waals surface area contributed by atoms with Gasteiger partial charge in [0.25, 0.3) is 5.91 Å². The minimum absolute atomic E-state index is 0.0885. The van der Waals surface area contributed by atoms with Crippen molar-refractivity contribution in [3.63, 3.8) is 0 Å². The molecule has 1 aromatic carbocycles. The van der Waals surface area contributed by atoms with Crippen LogP contribution in [0.4, 0.5) is 9.59 Å². The number of hydrogen-bond acceptors (Lipinski definition) is 9. The van der Waals surface area contributed by atoms with Crippen LogP contribution in [0.2, 0.25) is 5.02 Å². The van der Waals surface area contributed by atoms with E-state index >= 15 is 0 Å². The van der Waals surface area contributed by atoms with Gasteiger partial charge < -0.3 is 25.0 Å². The van der Waals surface area contributed by atoms with Gasteiger partial charge in [0.15, 0.2) is 0 Å². The van der Waals surface area contributed by atoms with Crippen LogP contribution in [0.1, 0.15) is 89.7 Å². The highest BCUT2D eigenvalue weighted by molar-refractivity contribution is 7.88. The summed E-state index contributed by atoms with van der Waals surface area (Å²) in [7, 11) is -4.18. The molecule has 4 N–H and O–H groups in total. The molecule has 0 spiro atoms. The lowest BCUT2D eigenvalue weighted by molar-refractivity contribution is -0.141. The summed E-state index contributed by atoms with van der Waals surface area (Å²) < 4.78 is 41.3. The maximum absolute atomic E-state index is 14.3. The largest absolute Gasteiger partial charge is 0.444 e. The number of halogens is 1. The van der Waals surface area contributed by atoms with Gasteiger partial charge in [-0.15, -0.1) is 0 Å². The molecule has 15 nitrogen and oxygen atoms in total. The zero-order valence-corrected chi connectivity index (χ0v) is 31.2. The molecular weight excluding hydrogens is 716 g/mol. The number of nitrogens with zero attached hydrogens (tertiary/aromatic N) is 2. The zero-order valence-electron chi connectivity index (χ0n) is 29.6. The first kappa shape index (κ1) is 37.9. The Morgan fingerprint density at radius 1 is 1.04 bits per heavy atom. The lowest BCUT2D eigenvalue weighted by atomic mass is 10.0. The van der Waals surface area contributed by atoms with Crippen molar-refractivity contribution in [2.24, 2.45) is 5.92 Å². The number of ether oxygens (including phenoxy) is 2. The van der Waals surface area contributed by atoms with Crippen LogP contribution in [0.15, 0.2) is 30.4 Å². The van der Waals surface area contributed by atoms with Crippen LogP contribution in [-0.4, -0.2) is 90.0 Å². The van der Waals surface area contributed by atoms with E-state index in [9.17, 15) is 32.4 Å². The molecule has 0 radical (unpaired) electrons. The van der Waals surface area contributed by atoms with E-state index in [-0.39, 0.29) is 38.4 Å². The topological polar surface area (TPSA) is 193 Å². The summed E-state index contributed by atoms with van der Waals surface area (Å²) in [6.07, 6.45) is 5.82. The van der Waals surface area contributed by atoms with Gasteiger partial charge >= 0.3 is 22.4 Å². The molecule has 5 amide bonds.